The molecule has 0 spiro atoms. The van der Waals surface area contributed by atoms with Crippen molar-refractivity contribution < 1.29 is 19.0 Å². The standard InChI is InChI=1S/C22H29NO4/c1-4-17(3)20-8-6-7-9-21(20)27-16-22(24)23-18-10-12-19(13-11-18)26-15-14-25-5-2/h6-13,17H,4-5,14-16H2,1-3H3,(H,23,24). The zero-order valence-corrected chi connectivity index (χ0v) is 16.4. The predicted molar refractivity (Wildman–Crippen MR) is 108 cm³/mol. The van der Waals surface area contributed by atoms with Gasteiger partial charge in [0.15, 0.2) is 6.61 Å². The van der Waals surface area contributed by atoms with Gasteiger partial charge in [-0.1, -0.05) is 32.0 Å². The van der Waals surface area contributed by atoms with E-state index in [0.29, 0.717) is 31.4 Å². The first-order chi connectivity index (χ1) is 13.1. The monoisotopic (exact) mass is 371 g/mol. The van der Waals surface area contributed by atoms with E-state index in [1.165, 1.54) is 0 Å². The summed E-state index contributed by atoms with van der Waals surface area (Å²) in [7, 11) is 0. The summed E-state index contributed by atoms with van der Waals surface area (Å²) in [4.78, 5) is 12.2. The number of rotatable bonds is 11. The molecule has 0 aromatic heterocycles. The fourth-order valence-electron chi connectivity index (χ4n) is 2.58. The van der Waals surface area contributed by atoms with Crippen LogP contribution in [0.3, 0.4) is 0 Å². The summed E-state index contributed by atoms with van der Waals surface area (Å²) in [5.74, 6) is 1.70. The van der Waals surface area contributed by atoms with Crippen LogP contribution in [-0.2, 0) is 9.53 Å². The van der Waals surface area contributed by atoms with Crippen LogP contribution in [0.5, 0.6) is 11.5 Å². The Kier molecular flexibility index (Phi) is 8.65. The molecule has 0 aliphatic carbocycles. The molecule has 2 aromatic rings. The summed E-state index contributed by atoms with van der Waals surface area (Å²) in [6.45, 7) is 7.95. The zero-order chi connectivity index (χ0) is 19.5. The van der Waals surface area contributed by atoms with Crippen LogP contribution in [0.4, 0.5) is 5.69 Å². The van der Waals surface area contributed by atoms with E-state index in [2.05, 4.69) is 19.2 Å². The molecule has 0 radical (unpaired) electrons. The molecule has 0 bridgehead atoms. The summed E-state index contributed by atoms with van der Waals surface area (Å²) in [6, 6.07) is 15.1. The molecule has 5 heteroatoms. The highest BCUT2D eigenvalue weighted by Crippen LogP contribution is 2.28. The van der Waals surface area contributed by atoms with Crippen molar-refractivity contribution in [2.45, 2.75) is 33.1 Å². The smallest absolute Gasteiger partial charge is 0.262 e. The van der Waals surface area contributed by atoms with Gasteiger partial charge in [0.1, 0.15) is 18.1 Å². The van der Waals surface area contributed by atoms with E-state index < -0.39 is 0 Å². The van der Waals surface area contributed by atoms with Crippen molar-refractivity contribution in [1.82, 2.24) is 0 Å². The number of hydrogen-bond acceptors (Lipinski definition) is 4. The van der Waals surface area contributed by atoms with Gasteiger partial charge in [-0.3, -0.25) is 4.79 Å². The molecule has 0 aliphatic heterocycles. The van der Waals surface area contributed by atoms with Gasteiger partial charge in [-0.15, -0.1) is 0 Å². The lowest BCUT2D eigenvalue weighted by molar-refractivity contribution is -0.118. The molecule has 1 amide bonds. The van der Waals surface area contributed by atoms with Gasteiger partial charge in [-0.25, -0.2) is 0 Å². The molecule has 2 rings (SSSR count). The minimum absolute atomic E-state index is 0.0277. The normalized spacial score (nSPS) is 11.7. The number of benzene rings is 2. The Morgan fingerprint density at radius 2 is 1.74 bits per heavy atom. The third-order valence-electron chi connectivity index (χ3n) is 4.26. The van der Waals surface area contributed by atoms with E-state index in [0.717, 1.165) is 23.5 Å². The van der Waals surface area contributed by atoms with Crippen molar-refractivity contribution in [1.29, 1.82) is 0 Å². The average molecular weight is 371 g/mol. The highest BCUT2D eigenvalue weighted by molar-refractivity contribution is 5.91. The molecule has 0 fully saturated rings. The van der Waals surface area contributed by atoms with Crippen LogP contribution in [0.25, 0.3) is 0 Å². The first-order valence-electron chi connectivity index (χ1n) is 9.46. The van der Waals surface area contributed by atoms with E-state index in [1.807, 2.05) is 43.3 Å². The fourth-order valence-corrected chi connectivity index (χ4v) is 2.58. The maximum absolute atomic E-state index is 12.2. The van der Waals surface area contributed by atoms with Gasteiger partial charge < -0.3 is 19.5 Å². The number of anilines is 1. The second-order valence-electron chi connectivity index (χ2n) is 6.25. The Balaban J connectivity index is 1.82. The van der Waals surface area contributed by atoms with E-state index in [9.17, 15) is 4.79 Å². The van der Waals surface area contributed by atoms with Crippen LogP contribution in [-0.4, -0.2) is 32.3 Å². The average Bonchev–Trinajstić information content (AvgIpc) is 2.70. The van der Waals surface area contributed by atoms with Gasteiger partial charge in [-0.05, 0) is 55.2 Å². The van der Waals surface area contributed by atoms with E-state index >= 15 is 0 Å². The number of para-hydroxylation sites is 1. The Morgan fingerprint density at radius 1 is 1.00 bits per heavy atom. The summed E-state index contributed by atoms with van der Waals surface area (Å²) in [5, 5.41) is 2.83. The minimum Gasteiger partial charge on any atom is -0.491 e. The Morgan fingerprint density at radius 3 is 2.44 bits per heavy atom. The lowest BCUT2D eigenvalue weighted by Crippen LogP contribution is -2.20. The molecule has 27 heavy (non-hydrogen) atoms. The molecule has 1 atom stereocenters. The third-order valence-corrected chi connectivity index (χ3v) is 4.26. The van der Waals surface area contributed by atoms with E-state index in [1.54, 1.807) is 12.1 Å². The quantitative estimate of drug-likeness (QED) is 0.585. The van der Waals surface area contributed by atoms with E-state index in [4.69, 9.17) is 14.2 Å². The number of hydrogen-bond donors (Lipinski definition) is 1. The maximum atomic E-state index is 12.2. The van der Waals surface area contributed by atoms with Crippen molar-refractivity contribution in [3.05, 3.63) is 54.1 Å². The van der Waals surface area contributed by atoms with Crippen molar-refractivity contribution in [3.8, 4) is 11.5 Å². The highest BCUT2D eigenvalue weighted by atomic mass is 16.5. The summed E-state index contributed by atoms with van der Waals surface area (Å²) < 4.78 is 16.5. The number of nitrogens with one attached hydrogen (secondary N) is 1. The second-order valence-corrected chi connectivity index (χ2v) is 6.25. The SMILES string of the molecule is CCOCCOc1ccc(NC(=O)COc2ccccc2C(C)CC)cc1. The Hall–Kier alpha value is -2.53. The topological polar surface area (TPSA) is 56.8 Å². The summed E-state index contributed by atoms with van der Waals surface area (Å²) >= 11 is 0. The van der Waals surface area contributed by atoms with Crippen molar-refractivity contribution >= 4 is 11.6 Å². The first kappa shape index (κ1) is 20.8. The molecule has 1 unspecified atom stereocenters. The van der Waals surface area contributed by atoms with Crippen LogP contribution >= 0.6 is 0 Å². The van der Waals surface area contributed by atoms with E-state index in [-0.39, 0.29) is 12.5 Å². The first-order valence-corrected chi connectivity index (χ1v) is 9.46. The molecule has 1 N–H and O–H groups in total. The van der Waals surface area contributed by atoms with Crippen LogP contribution in [0.1, 0.15) is 38.7 Å². The lowest BCUT2D eigenvalue weighted by Gasteiger charge is -2.15. The molecule has 5 nitrogen and oxygen atoms in total. The molecule has 0 saturated heterocycles. The van der Waals surface area contributed by atoms with Crippen molar-refractivity contribution in [2.75, 3.05) is 31.7 Å². The zero-order valence-electron chi connectivity index (χ0n) is 16.4. The largest absolute Gasteiger partial charge is 0.491 e. The Bertz CT molecular complexity index is 700. The van der Waals surface area contributed by atoms with Crippen molar-refractivity contribution in [3.63, 3.8) is 0 Å². The molecular formula is C22H29NO4. The predicted octanol–water partition coefficient (Wildman–Crippen LogP) is 4.63. The van der Waals surface area contributed by atoms with Crippen molar-refractivity contribution in [2.24, 2.45) is 0 Å². The third kappa shape index (κ3) is 6.94. The van der Waals surface area contributed by atoms with Gasteiger partial charge in [0.25, 0.3) is 5.91 Å². The highest BCUT2D eigenvalue weighted by Gasteiger charge is 2.11. The number of ether oxygens (including phenoxy) is 3. The van der Waals surface area contributed by atoms with Gasteiger partial charge in [-0.2, -0.15) is 0 Å². The molecule has 0 saturated carbocycles. The minimum atomic E-state index is -0.195. The second kappa shape index (κ2) is 11.2. The number of carbonyl (C=O) groups is 1. The van der Waals surface area contributed by atoms with Crippen LogP contribution < -0.4 is 14.8 Å². The van der Waals surface area contributed by atoms with Gasteiger partial charge in [0.2, 0.25) is 0 Å². The Labute approximate surface area is 161 Å². The maximum Gasteiger partial charge on any atom is 0.262 e. The number of amides is 1. The van der Waals surface area contributed by atoms with Gasteiger partial charge in [0.05, 0.1) is 6.61 Å². The van der Waals surface area contributed by atoms with Crippen LogP contribution in [0.2, 0.25) is 0 Å². The fraction of sp³-hybridized carbons (Fsp3) is 0.409. The van der Waals surface area contributed by atoms with Crippen LogP contribution in [0, 0.1) is 0 Å². The van der Waals surface area contributed by atoms with Gasteiger partial charge >= 0.3 is 0 Å². The molecule has 0 aliphatic rings. The molecular weight excluding hydrogens is 342 g/mol. The summed E-state index contributed by atoms with van der Waals surface area (Å²) in [6.07, 6.45) is 1.02. The molecule has 0 heterocycles. The summed E-state index contributed by atoms with van der Waals surface area (Å²) in [5.41, 5.74) is 1.83. The lowest BCUT2D eigenvalue weighted by atomic mass is 9.98. The van der Waals surface area contributed by atoms with Crippen LogP contribution in [0.15, 0.2) is 48.5 Å². The molecule has 146 valence electrons. The van der Waals surface area contributed by atoms with Gasteiger partial charge in [0, 0.05) is 12.3 Å². The molecule has 2 aromatic carbocycles. The number of carbonyl (C=O) groups excluding carboxylic acids is 1.